The largest absolute Gasteiger partial charge is 0.344 e. The number of aromatic amines is 1. The molecule has 0 radical (unpaired) electrons. The molecule has 0 bridgehead atoms. The molecule has 1 heterocycles. The quantitative estimate of drug-likeness (QED) is 0.710. The molecule has 0 aliphatic rings. The van der Waals surface area contributed by atoms with Crippen LogP contribution in [0.5, 0.6) is 0 Å². The summed E-state index contributed by atoms with van der Waals surface area (Å²) in [5, 5.41) is 1.05. The summed E-state index contributed by atoms with van der Waals surface area (Å²) in [6.07, 6.45) is 1.76. The van der Waals surface area contributed by atoms with E-state index in [1.54, 1.807) is 18.1 Å². The van der Waals surface area contributed by atoms with Gasteiger partial charge < -0.3 is 4.98 Å². The molecule has 0 spiro atoms. The molecule has 3 rings (SSSR count). The van der Waals surface area contributed by atoms with Gasteiger partial charge in [-0.25, -0.2) is 4.98 Å². The molecule has 3 heteroatoms. The molecule has 1 aromatic heterocycles. The average molecular weight is 266 g/mol. The number of benzene rings is 2. The number of aromatic nitrogens is 2. The monoisotopic (exact) mass is 266 g/mol. The predicted molar refractivity (Wildman–Crippen MR) is 80.0 cm³/mol. The van der Waals surface area contributed by atoms with Crippen LogP contribution in [0.2, 0.25) is 0 Å². The van der Waals surface area contributed by atoms with Gasteiger partial charge in [0.2, 0.25) is 0 Å². The molecular weight excluding hydrogens is 252 g/mol. The number of H-pyrrole nitrogens is 1. The van der Waals surface area contributed by atoms with E-state index in [9.17, 15) is 0 Å². The second-order valence-electron chi connectivity index (χ2n) is 4.22. The molecule has 0 amide bonds. The van der Waals surface area contributed by atoms with Crippen molar-refractivity contribution in [1.82, 2.24) is 9.97 Å². The van der Waals surface area contributed by atoms with Crippen LogP contribution in [0, 0.1) is 0 Å². The average Bonchev–Trinajstić information content (AvgIpc) is 2.95. The molecular formula is C16H14N2S. The van der Waals surface area contributed by atoms with Gasteiger partial charge in [-0.15, -0.1) is 0 Å². The standard InChI is InChI=1S/C16H14N2S/c1-3-7-13(8-4-1)11-19-16-15(17-12-18-16)14-9-5-2-6-10-14/h1-10,12H,11H2,(H,17,18). The maximum absolute atomic E-state index is 4.42. The van der Waals surface area contributed by atoms with Crippen molar-refractivity contribution in [1.29, 1.82) is 0 Å². The first-order valence-corrected chi connectivity index (χ1v) is 7.17. The highest BCUT2D eigenvalue weighted by molar-refractivity contribution is 7.98. The Morgan fingerprint density at radius 1 is 0.895 bits per heavy atom. The number of hydrogen-bond acceptors (Lipinski definition) is 2. The fourth-order valence-corrected chi connectivity index (χ4v) is 2.87. The molecule has 0 fully saturated rings. The summed E-state index contributed by atoms with van der Waals surface area (Å²) in [6.45, 7) is 0. The van der Waals surface area contributed by atoms with Crippen LogP contribution >= 0.6 is 11.8 Å². The molecule has 0 unspecified atom stereocenters. The second kappa shape index (κ2) is 5.76. The van der Waals surface area contributed by atoms with Gasteiger partial charge >= 0.3 is 0 Å². The molecule has 3 aromatic rings. The molecule has 2 nitrogen and oxygen atoms in total. The normalized spacial score (nSPS) is 10.5. The lowest BCUT2D eigenvalue weighted by molar-refractivity contribution is 1.20. The van der Waals surface area contributed by atoms with Crippen LogP contribution < -0.4 is 0 Å². The summed E-state index contributed by atoms with van der Waals surface area (Å²) >= 11 is 1.76. The number of thioether (sulfide) groups is 1. The molecule has 0 atom stereocenters. The van der Waals surface area contributed by atoms with Crippen LogP contribution in [0.15, 0.2) is 72.0 Å². The van der Waals surface area contributed by atoms with E-state index in [1.165, 1.54) is 11.1 Å². The third kappa shape index (κ3) is 2.88. The Hall–Kier alpha value is -2.00. The zero-order valence-corrected chi connectivity index (χ0v) is 11.2. The van der Waals surface area contributed by atoms with Gasteiger partial charge in [0.05, 0.1) is 12.0 Å². The van der Waals surface area contributed by atoms with E-state index in [2.05, 4.69) is 46.4 Å². The third-order valence-electron chi connectivity index (χ3n) is 2.89. The Morgan fingerprint density at radius 2 is 1.58 bits per heavy atom. The molecule has 0 aliphatic heterocycles. The van der Waals surface area contributed by atoms with E-state index in [1.807, 2.05) is 24.3 Å². The topological polar surface area (TPSA) is 28.7 Å². The van der Waals surface area contributed by atoms with E-state index >= 15 is 0 Å². The van der Waals surface area contributed by atoms with Gasteiger partial charge in [0, 0.05) is 11.3 Å². The summed E-state index contributed by atoms with van der Waals surface area (Å²) in [4.78, 5) is 7.64. The van der Waals surface area contributed by atoms with Crippen molar-refractivity contribution in [2.45, 2.75) is 10.8 Å². The summed E-state index contributed by atoms with van der Waals surface area (Å²) in [5.74, 6) is 0.936. The van der Waals surface area contributed by atoms with Gasteiger partial charge in [0.1, 0.15) is 5.03 Å². The number of imidazole rings is 1. The van der Waals surface area contributed by atoms with E-state index < -0.39 is 0 Å². The second-order valence-corrected chi connectivity index (χ2v) is 5.19. The van der Waals surface area contributed by atoms with Gasteiger partial charge in [0.25, 0.3) is 0 Å². The first kappa shape index (κ1) is 12.1. The van der Waals surface area contributed by atoms with Crippen LogP contribution in [0.25, 0.3) is 11.3 Å². The highest BCUT2D eigenvalue weighted by atomic mass is 32.2. The Bertz CT molecular complexity index is 632. The van der Waals surface area contributed by atoms with E-state index in [-0.39, 0.29) is 0 Å². The van der Waals surface area contributed by atoms with Gasteiger partial charge in [-0.3, -0.25) is 0 Å². The van der Waals surface area contributed by atoms with E-state index in [0.29, 0.717) is 0 Å². The van der Waals surface area contributed by atoms with Gasteiger partial charge in [-0.05, 0) is 5.56 Å². The van der Waals surface area contributed by atoms with Crippen molar-refractivity contribution in [2.75, 3.05) is 0 Å². The SMILES string of the molecule is c1ccc(CSc2nc[nH]c2-c2ccccc2)cc1. The molecule has 94 valence electrons. The molecule has 19 heavy (non-hydrogen) atoms. The smallest absolute Gasteiger partial charge is 0.122 e. The minimum Gasteiger partial charge on any atom is -0.344 e. The van der Waals surface area contributed by atoms with Crippen LogP contribution in [0.4, 0.5) is 0 Å². The maximum Gasteiger partial charge on any atom is 0.122 e. The minimum atomic E-state index is 0.936. The van der Waals surface area contributed by atoms with Crippen molar-refractivity contribution < 1.29 is 0 Å². The lowest BCUT2D eigenvalue weighted by Gasteiger charge is -2.03. The first-order chi connectivity index (χ1) is 9.43. The van der Waals surface area contributed by atoms with E-state index in [0.717, 1.165) is 16.5 Å². The third-order valence-corrected chi connectivity index (χ3v) is 3.95. The molecule has 0 aliphatic carbocycles. The van der Waals surface area contributed by atoms with Gasteiger partial charge in [0.15, 0.2) is 0 Å². The van der Waals surface area contributed by atoms with Crippen molar-refractivity contribution in [3.8, 4) is 11.3 Å². The van der Waals surface area contributed by atoms with Crippen molar-refractivity contribution in [2.24, 2.45) is 0 Å². The number of nitrogens with zero attached hydrogens (tertiary/aromatic N) is 1. The molecule has 0 saturated heterocycles. The summed E-state index contributed by atoms with van der Waals surface area (Å²) < 4.78 is 0. The van der Waals surface area contributed by atoms with Gasteiger partial charge in [-0.2, -0.15) is 0 Å². The summed E-state index contributed by atoms with van der Waals surface area (Å²) in [7, 11) is 0. The van der Waals surface area contributed by atoms with Crippen molar-refractivity contribution in [3.05, 3.63) is 72.6 Å². The Kier molecular flexibility index (Phi) is 3.65. The zero-order valence-electron chi connectivity index (χ0n) is 10.4. The first-order valence-electron chi connectivity index (χ1n) is 6.19. The molecule has 2 aromatic carbocycles. The number of nitrogens with one attached hydrogen (secondary N) is 1. The predicted octanol–water partition coefficient (Wildman–Crippen LogP) is 4.37. The minimum absolute atomic E-state index is 0.936. The van der Waals surface area contributed by atoms with Crippen LogP contribution in [0.1, 0.15) is 5.56 Å². The highest BCUT2D eigenvalue weighted by Gasteiger charge is 2.08. The van der Waals surface area contributed by atoms with Gasteiger partial charge in [-0.1, -0.05) is 72.4 Å². The fourth-order valence-electron chi connectivity index (χ4n) is 1.93. The summed E-state index contributed by atoms with van der Waals surface area (Å²) in [6, 6.07) is 20.8. The fraction of sp³-hybridized carbons (Fsp3) is 0.0625. The number of rotatable bonds is 4. The Morgan fingerprint density at radius 3 is 2.32 bits per heavy atom. The van der Waals surface area contributed by atoms with Crippen LogP contribution in [-0.2, 0) is 5.75 Å². The highest BCUT2D eigenvalue weighted by Crippen LogP contribution is 2.30. The lowest BCUT2D eigenvalue weighted by Crippen LogP contribution is -1.83. The summed E-state index contributed by atoms with van der Waals surface area (Å²) in [5.41, 5.74) is 3.59. The van der Waals surface area contributed by atoms with Crippen molar-refractivity contribution >= 4 is 11.8 Å². The van der Waals surface area contributed by atoms with Crippen molar-refractivity contribution in [3.63, 3.8) is 0 Å². The van der Waals surface area contributed by atoms with E-state index in [4.69, 9.17) is 0 Å². The molecule has 0 saturated carbocycles. The maximum atomic E-state index is 4.42. The van der Waals surface area contributed by atoms with Crippen LogP contribution in [-0.4, -0.2) is 9.97 Å². The Labute approximate surface area is 116 Å². The number of hydrogen-bond donors (Lipinski definition) is 1. The zero-order chi connectivity index (χ0) is 12.9. The lowest BCUT2D eigenvalue weighted by atomic mass is 10.2. The molecule has 1 N–H and O–H groups in total. The van der Waals surface area contributed by atoms with Crippen LogP contribution in [0.3, 0.4) is 0 Å². The Balaban J connectivity index is 1.78.